The van der Waals surface area contributed by atoms with Gasteiger partial charge in [-0.15, -0.1) is 0 Å². The maximum absolute atomic E-state index is 11.7. The third kappa shape index (κ3) is 6.32. The third-order valence-corrected chi connectivity index (χ3v) is 3.85. The van der Waals surface area contributed by atoms with Gasteiger partial charge in [-0.2, -0.15) is 0 Å². The fraction of sp³-hybridized carbons (Fsp3) is 0.278. The zero-order valence-electron chi connectivity index (χ0n) is 13.1. The van der Waals surface area contributed by atoms with Crippen LogP contribution in [0, 0.1) is 6.92 Å². The fourth-order valence-corrected chi connectivity index (χ4v) is 2.29. The number of aryl methyl sites for hydroxylation is 1. The molecular weight excluding hydrogens is 356 g/mol. The highest BCUT2D eigenvalue weighted by molar-refractivity contribution is 9.10. The number of ether oxygens (including phenoxy) is 1. The Kier molecular flexibility index (Phi) is 6.94. The molecule has 2 amide bonds. The van der Waals surface area contributed by atoms with Crippen LogP contribution in [0.1, 0.15) is 17.5 Å². The number of hydrogen-bond donors (Lipinski definition) is 2. The van der Waals surface area contributed by atoms with Gasteiger partial charge in [-0.25, -0.2) is 4.79 Å². The summed E-state index contributed by atoms with van der Waals surface area (Å²) < 4.78 is 6.71. The highest BCUT2D eigenvalue weighted by atomic mass is 79.9. The van der Waals surface area contributed by atoms with E-state index in [1.807, 2.05) is 55.5 Å². The van der Waals surface area contributed by atoms with Crippen molar-refractivity contribution in [3.63, 3.8) is 0 Å². The summed E-state index contributed by atoms with van der Waals surface area (Å²) in [6.45, 7) is 3.69. The zero-order valence-corrected chi connectivity index (χ0v) is 14.7. The van der Waals surface area contributed by atoms with Gasteiger partial charge in [-0.05, 0) is 42.7 Å². The van der Waals surface area contributed by atoms with Gasteiger partial charge < -0.3 is 15.4 Å². The van der Waals surface area contributed by atoms with Crippen molar-refractivity contribution in [3.05, 3.63) is 64.1 Å². The zero-order chi connectivity index (χ0) is 16.5. The van der Waals surface area contributed by atoms with E-state index < -0.39 is 0 Å². The van der Waals surface area contributed by atoms with Crippen molar-refractivity contribution in [2.24, 2.45) is 0 Å². The van der Waals surface area contributed by atoms with E-state index in [0.29, 0.717) is 19.7 Å². The number of halogens is 1. The Morgan fingerprint density at radius 2 is 1.83 bits per heavy atom. The number of amides is 2. The van der Waals surface area contributed by atoms with E-state index >= 15 is 0 Å². The molecule has 2 aromatic rings. The highest BCUT2D eigenvalue weighted by Gasteiger charge is 2.01. The maximum Gasteiger partial charge on any atom is 0.315 e. The van der Waals surface area contributed by atoms with Crippen LogP contribution in [-0.2, 0) is 6.54 Å². The molecule has 0 aromatic heterocycles. The van der Waals surface area contributed by atoms with Crippen molar-refractivity contribution in [3.8, 4) is 5.75 Å². The molecule has 122 valence electrons. The van der Waals surface area contributed by atoms with Gasteiger partial charge in [-0.3, -0.25) is 0 Å². The first-order valence-electron chi connectivity index (χ1n) is 7.60. The molecule has 0 fully saturated rings. The summed E-state index contributed by atoms with van der Waals surface area (Å²) in [4.78, 5) is 11.7. The fourth-order valence-electron chi connectivity index (χ4n) is 2.02. The molecule has 0 heterocycles. The Bertz CT molecular complexity index is 629. The summed E-state index contributed by atoms with van der Waals surface area (Å²) in [5, 5.41) is 5.66. The van der Waals surface area contributed by atoms with Crippen LogP contribution in [0.15, 0.2) is 53.0 Å². The Hall–Kier alpha value is -2.01. The smallest absolute Gasteiger partial charge is 0.315 e. The van der Waals surface area contributed by atoms with E-state index in [0.717, 1.165) is 27.8 Å². The molecule has 2 aromatic carbocycles. The average molecular weight is 377 g/mol. The van der Waals surface area contributed by atoms with Crippen molar-refractivity contribution in [1.29, 1.82) is 0 Å². The van der Waals surface area contributed by atoms with Crippen LogP contribution < -0.4 is 15.4 Å². The molecular formula is C18H21BrN2O2. The topological polar surface area (TPSA) is 50.4 Å². The predicted octanol–water partition coefficient (Wildman–Crippen LogP) is 4.03. The monoisotopic (exact) mass is 376 g/mol. The number of urea groups is 1. The normalized spacial score (nSPS) is 10.2. The van der Waals surface area contributed by atoms with Crippen LogP contribution in [0.5, 0.6) is 5.75 Å². The SMILES string of the molecule is Cc1ccccc1OCCCNC(=O)NCc1ccc(Br)cc1. The average Bonchev–Trinajstić information content (AvgIpc) is 2.55. The minimum Gasteiger partial charge on any atom is -0.493 e. The van der Waals surface area contributed by atoms with Crippen LogP contribution in [0.2, 0.25) is 0 Å². The Morgan fingerprint density at radius 3 is 2.57 bits per heavy atom. The van der Waals surface area contributed by atoms with E-state index in [-0.39, 0.29) is 6.03 Å². The first kappa shape index (κ1) is 17.3. The predicted molar refractivity (Wildman–Crippen MR) is 95.7 cm³/mol. The molecule has 0 bridgehead atoms. The second-order valence-electron chi connectivity index (χ2n) is 5.20. The third-order valence-electron chi connectivity index (χ3n) is 3.32. The molecule has 4 nitrogen and oxygen atoms in total. The molecule has 0 aliphatic rings. The van der Waals surface area contributed by atoms with Crippen LogP contribution in [0.3, 0.4) is 0 Å². The summed E-state index contributed by atoms with van der Waals surface area (Å²) in [6.07, 6.45) is 0.764. The number of nitrogens with one attached hydrogen (secondary N) is 2. The molecule has 5 heteroatoms. The molecule has 2 rings (SSSR count). The van der Waals surface area contributed by atoms with Gasteiger partial charge in [0.05, 0.1) is 6.61 Å². The van der Waals surface area contributed by atoms with Crippen LogP contribution in [-0.4, -0.2) is 19.2 Å². The molecule has 0 unspecified atom stereocenters. The Labute approximate surface area is 145 Å². The Balaban J connectivity index is 1.58. The molecule has 23 heavy (non-hydrogen) atoms. The maximum atomic E-state index is 11.7. The molecule has 0 saturated heterocycles. The lowest BCUT2D eigenvalue weighted by Crippen LogP contribution is -2.36. The van der Waals surface area contributed by atoms with Gasteiger partial charge in [0, 0.05) is 17.6 Å². The van der Waals surface area contributed by atoms with Gasteiger partial charge in [0.1, 0.15) is 5.75 Å². The van der Waals surface area contributed by atoms with Gasteiger partial charge in [-0.1, -0.05) is 46.3 Å². The summed E-state index contributed by atoms with van der Waals surface area (Å²) in [5.41, 5.74) is 2.18. The van der Waals surface area contributed by atoms with E-state index in [4.69, 9.17) is 4.74 Å². The lowest BCUT2D eigenvalue weighted by molar-refractivity contribution is 0.238. The van der Waals surface area contributed by atoms with E-state index in [1.54, 1.807) is 0 Å². The molecule has 0 radical (unpaired) electrons. The van der Waals surface area contributed by atoms with Crippen molar-refractivity contribution >= 4 is 22.0 Å². The number of carbonyl (C=O) groups excluding carboxylic acids is 1. The Morgan fingerprint density at radius 1 is 1.09 bits per heavy atom. The van der Waals surface area contributed by atoms with E-state index in [1.165, 1.54) is 0 Å². The number of benzene rings is 2. The van der Waals surface area contributed by atoms with Crippen molar-refractivity contribution < 1.29 is 9.53 Å². The van der Waals surface area contributed by atoms with Gasteiger partial charge in [0.2, 0.25) is 0 Å². The number of rotatable bonds is 7. The molecule has 0 aliphatic carbocycles. The standard InChI is InChI=1S/C18H21BrN2O2/c1-14-5-2-3-6-17(14)23-12-4-11-20-18(22)21-13-15-7-9-16(19)10-8-15/h2-3,5-10H,4,11-13H2,1H3,(H2,20,21,22). The first-order chi connectivity index (χ1) is 11.1. The largest absolute Gasteiger partial charge is 0.493 e. The van der Waals surface area contributed by atoms with Crippen molar-refractivity contribution in [2.75, 3.05) is 13.2 Å². The van der Waals surface area contributed by atoms with Crippen LogP contribution >= 0.6 is 15.9 Å². The second-order valence-corrected chi connectivity index (χ2v) is 6.12. The molecule has 2 N–H and O–H groups in total. The number of carbonyl (C=O) groups is 1. The van der Waals surface area contributed by atoms with Gasteiger partial charge in [0.25, 0.3) is 0 Å². The van der Waals surface area contributed by atoms with Crippen LogP contribution in [0.25, 0.3) is 0 Å². The molecule has 0 atom stereocenters. The van der Waals surface area contributed by atoms with Crippen molar-refractivity contribution in [1.82, 2.24) is 10.6 Å². The van der Waals surface area contributed by atoms with E-state index in [9.17, 15) is 4.79 Å². The minimum absolute atomic E-state index is 0.163. The summed E-state index contributed by atoms with van der Waals surface area (Å²) >= 11 is 3.38. The van der Waals surface area contributed by atoms with Crippen LogP contribution in [0.4, 0.5) is 4.79 Å². The van der Waals surface area contributed by atoms with Gasteiger partial charge in [0.15, 0.2) is 0 Å². The van der Waals surface area contributed by atoms with E-state index in [2.05, 4.69) is 26.6 Å². The summed E-state index contributed by atoms with van der Waals surface area (Å²) in [7, 11) is 0. The molecule has 0 aliphatic heterocycles. The quantitative estimate of drug-likeness (QED) is 0.716. The first-order valence-corrected chi connectivity index (χ1v) is 8.39. The van der Waals surface area contributed by atoms with Gasteiger partial charge >= 0.3 is 6.03 Å². The lowest BCUT2D eigenvalue weighted by atomic mass is 10.2. The molecule has 0 spiro atoms. The van der Waals surface area contributed by atoms with Crippen molar-refractivity contribution in [2.45, 2.75) is 19.9 Å². The summed E-state index contributed by atoms with van der Waals surface area (Å²) in [6, 6.07) is 15.6. The molecule has 0 saturated carbocycles. The minimum atomic E-state index is -0.163. The highest BCUT2D eigenvalue weighted by Crippen LogP contribution is 2.16. The number of para-hydroxylation sites is 1. The summed E-state index contributed by atoms with van der Waals surface area (Å²) in [5.74, 6) is 0.896. The lowest BCUT2D eigenvalue weighted by Gasteiger charge is -2.10. The number of hydrogen-bond acceptors (Lipinski definition) is 2. The second kappa shape index (κ2) is 9.20.